The van der Waals surface area contributed by atoms with Gasteiger partial charge in [-0.05, 0) is 49.4 Å². The van der Waals surface area contributed by atoms with Crippen molar-refractivity contribution in [1.29, 1.82) is 0 Å². The molecule has 2 aromatic rings. The first-order valence-electron chi connectivity index (χ1n) is 9.90. The lowest BCUT2D eigenvalue weighted by Crippen LogP contribution is -2.56. The Balaban J connectivity index is 1.55. The zero-order valence-corrected chi connectivity index (χ0v) is 18.9. The molecule has 0 saturated carbocycles. The van der Waals surface area contributed by atoms with Gasteiger partial charge in [-0.25, -0.2) is 10.4 Å². The molecule has 2 fully saturated rings. The molecule has 160 valence electrons. The van der Waals surface area contributed by atoms with Crippen LogP contribution in [0.4, 0.5) is 5.69 Å². The van der Waals surface area contributed by atoms with Crippen LogP contribution in [-0.4, -0.2) is 55.1 Å². The molecule has 6 nitrogen and oxygen atoms in total. The second kappa shape index (κ2) is 9.30. The van der Waals surface area contributed by atoms with Crippen LogP contribution in [0.15, 0.2) is 42.5 Å². The predicted molar refractivity (Wildman–Crippen MR) is 122 cm³/mol. The first kappa shape index (κ1) is 21.7. The smallest absolute Gasteiger partial charge is 0.253 e. The number of piperazine rings is 1. The number of hydrazine groups is 2. The first-order chi connectivity index (χ1) is 14.4. The largest absolute Gasteiger partial charge is 0.304 e. The highest BCUT2D eigenvalue weighted by molar-refractivity contribution is 6.36. The zero-order valence-electron chi connectivity index (χ0n) is 16.6. The van der Waals surface area contributed by atoms with Crippen LogP contribution in [0.25, 0.3) is 0 Å². The summed E-state index contributed by atoms with van der Waals surface area (Å²) in [7, 11) is 2.09. The maximum absolute atomic E-state index is 13.0. The molecule has 0 radical (unpaired) electrons. The Morgan fingerprint density at radius 2 is 1.67 bits per heavy atom. The van der Waals surface area contributed by atoms with Crippen LogP contribution in [0.1, 0.15) is 18.0 Å². The van der Waals surface area contributed by atoms with Crippen LogP contribution in [0.3, 0.4) is 0 Å². The second-order valence-electron chi connectivity index (χ2n) is 7.72. The maximum atomic E-state index is 13.0. The third kappa shape index (κ3) is 4.85. The number of hydrogen-bond acceptors (Lipinski definition) is 5. The van der Waals surface area contributed by atoms with E-state index in [-0.39, 0.29) is 11.9 Å². The molecule has 2 heterocycles. The summed E-state index contributed by atoms with van der Waals surface area (Å²) in [5.41, 5.74) is 8.24. The SMILES string of the molecule is CN1CCN(NC(=O)C2CC(c3ccc(Cl)cc3)N(c3ccc(Cl)cc3Cl)N2)CC1. The summed E-state index contributed by atoms with van der Waals surface area (Å²) in [6, 6.07) is 12.6. The fraction of sp³-hybridized carbons (Fsp3) is 0.381. The van der Waals surface area contributed by atoms with Gasteiger partial charge in [0.1, 0.15) is 6.04 Å². The number of carbonyl (C=O) groups is 1. The van der Waals surface area contributed by atoms with E-state index in [1.165, 1.54) is 0 Å². The van der Waals surface area contributed by atoms with E-state index in [0.29, 0.717) is 21.5 Å². The van der Waals surface area contributed by atoms with Crippen molar-refractivity contribution in [3.05, 3.63) is 63.1 Å². The summed E-state index contributed by atoms with van der Waals surface area (Å²) < 4.78 is 0. The van der Waals surface area contributed by atoms with Gasteiger partial charge in [-0.15, -0.1) is 0 Å². The molecule has 0 spiro atoms. The van der Waals surface area contributed by atoms with Crippen molar-refractivity contribution in [3.63, 3.8) is 0 Å². The predicted octanol–water partition coefficient (Wildman–Crippen LogP) is 3.75. The Hall–Kier alpha value is -1.54. The highest BCUT2D eigenvalue weighted by Crippen LogP contribution is 2.39. The molecule has 0 bridgehead atoms. The number of anilines is 1. The molecule has 4 rings (SSSR count). The minimum Gasteiger partial charge on any atom is -0.304 e. The number of rotatable bonds is 4. The number of likely N-dealkylation sites (N-methyl/N-ethyl adjacent to an activating group) is 1. The van der Waals surface area contributed by atoms with E-state index in [9.17, 15) is 4.79 Å². The van der Waals surface area contributed by atoms with E-state index < -0.39 is 6.04 Å². The lowest BCUT2D eigenvalue weighted by atomic mass is 10.0. The number of nitrogens with zero attached hydrogens (tertiary/aromatic N) is 3. The number of benzene rings is 2. The van der Waals surface area contributed by atoms with Crippen molar-refractivity contribution in [2.24, 2.45) is 0 Å². The minimum atomic E-state index is -0.392. The number of amides is 1. The van der Waals surface area contributed by atoms with Crippen molar-refractivity contribution in [2.45, 2.75) is 18.5 Å². The van der Waals surface area contributed by atoms with Gasteiger partial charge in [-0.2, -0.15) is 0 Å². The Morgan fingerprint density at radius 3 is 2.33 bits per heavy atom. The number of hydrogen-bond donors (Lipinski definition) is 2. The van der Waals surface area contributed by atoms with Gasteiger partial charge >= 0.3 is 0 Å². The van der Waals surface area contributed by atoms with E-state index in [1.54, 1.807) is 12.1 Å². The van der Waals surface area contributed by atoms with Gasteiger partial charge in [0.25, 0.3) is 5.91 Å². The molecular formula is C21H24Cl3N5O. The van der Waals surface area contributed by atoms with Crippen LogP contribution in [0.2, 0.25) is 15.1 Å². The molecule has 2 aliphatic rings. The van der Waals surface area contributed by atoms with Crippen LogP contribution in [0.5, 0.6) is 0 Å². The molecule has 0 aromatic heterocycles. The molecule has 9 heteroatoms. The van der Waals surface area contributed by atoms with Gasteiger partial charge in [0, 0.05) is 36.2 Å². The quantitative estimate of drug-likeness (QED) is 0.716. The molecule has 2 aliphatic heterocycles. The second-order valence-corrected chi connectivity index (χ2v) is 9.00. The van der Waals surface area contributed by atoms with Crippen molar-refractivity contribution < 1.29 is 4.79 Å². The molecule has 2 N–H and O–H groups in total. The summed E-state index contributed by atoms with van der Waals surface area (Å²) in [5.74, 6) is -0.0499. The topological polar surface area (TPSA) is 50.9 Å². The van der Waals surface area contributed by atoms with Crippen LogP contribution < -0.4 is 15.9 Å². The molecule has 2 aromatic carbocycles. The Morgan fingerprint density at radius 1 is 1.00 bits per heavy atom. The minimum absolute atomic E-state index is 0.0499. The Kier molecular flexibility index (Phi) is 6.72. The highest BCUT2D eigenvalue weighted by Gasteiger charge is 2.38. The van der Waals surface area contributed by atoms with E-state index in [2.05, 4.69) is 22.8 Å². The zero-order chi connectivity index (χ0) is 21.3. The van der Waals surface area contributed by atoms with Crippen LogP contribution >= 0.6 is 34.8 Å². The fourth-order valence-electron chi connectivity index (χ4n) is 3.84. The maximum Gasteiger partial charge on any atom is 0.253 e. The first-order valence-corrected chi connectivity index (χ1v) is 11.0. The van der Waals surface area contributed by atoms with E-state index in [4.69, 9.17) is 34.8 Å². The molecule has 30 heavy (non-hydrogen) atoms. The fourth-order valence-corrected chi connectivity index (χ4v) is 4.47. The van der Waals surface area contributed by atoms with Crippen molar-refractivity contribution >= 4 is 46.4 Å². The van der Waals surface area contributed by atoms with Crippen molar-refractivity contribution in [3.8, 4) is 0 Å². The summed E-state index contributed by atoms with van der Waals surface area (Å²) in [6.07, 6.45) is 0.597. The van der Waals surface area contributed by atoms with Gasteiger partial charge in [-0.3, -0.25) is 15.2 Å². The molecular weight excluding hydrogens is 445 g/mol. The van der Waals surface area contributed by atoms with Gasteiger partial charge in [-0.1, -0.05) is 46.9 Å². The van der Waals surface area contributed by atoms with E-state index >= 15 is 0 Å². The molecule has 1 amide bonds. The monoisotopic (exact) mass is 467 g/mol. The van der Waals surface area contributed by atoms with Gasteiger partial charge < -0.3 is 4.90 Å². The van der Waals surface area contributed by atoms with E-state index in [0.717, 1.165) is 37.4 Å². The average molecular weight is 469 g/mol. The average Bonchev–Trinajstić information content (AvgIpc) is 3.15. The van der Waals surface area contributed by atoms with Crippen LogP contribution in [0, 0.1) is 0 Å². The lowest BCUT2D eigenvalue weighted by molar-refractivity contribution is -0.128. The Bertz CT molecular complexity index is 902. The summed E-state index contributed by atoms with van der Waals surface area (Å²) in [5, 5.41) is 5.70. The third-order valence-corrected chi connectivity index (χ3v) is 6.37. The summed E-state index contributed by atoms with van der Waals surface area (Å²) in [4.78, 5) is 15.3. The van der Waals surface area contributed by atoms with Gasteiger partial charge in [0.05, 0.1) is 16.8 Å². The normalized spacial score (nSPS) is 23.0. The summed E-state index contributed by atoms with van der Waals surface area (Å²) >= 11 is 18.6. The van der Waals surface area contributed by atoms with E-state index in [1.807, 2.05) is 40.3 Å². The number of halogens is 3. The standard InChI is InChI=1S/C21H24Cl3N5O/c1-27-8-10-28(11-9-27)26-21(30)18-13-20(14-2-4-15(22)5-3-14)29(25-18)19-7-6-16(23)12-17(19)24/h2-7,12,18,20,25H,8-11,13H2,1H3,(H,26,30). The van der Waals surface area contributed by atoms with Crippen molar-refractivity contribution in [1.82, 2.24) is 20.8 Å². The molecule has 0 aliphatic carbocycles. The van der Waals surface area contributed by atoms with Gasteiger partial charge in [0.2, 0.25) is 0 Å². The molecule has 2 atom stereocenters. The van der Waals surface area contributed by atoms with Crippen LogP contribution in [-0.2, 0) is 4.79 Å². The molecule has 2 unspecified atom stereocenters. The highest BCUT2D eigenvalue weighted by atomic mass is 35.5. The van der Waals surface area contributed by atoms with Gasteiger partial charge in [0.15, 0.2) is 0 Å². The lowest BCUT2D eigenvalue weighted by Gasteiger charge is -2.33. The summed E-state index contributed by atoms with van der Waals surface area (Å²) in [6.45, 7) is 3.47. The van der Waals surface area contributed by atoms with Crippen molar-refractivity contribution in [2.75, 3.05) is 38.2 Å². The molecule has 2 saturated heterocycles. The Labute approximate surface area is 191 Å². The number of carbonyl (C=O) groups excluding carboxylic acids is 1. The third-order valence-electron chi connectivity index (χ3n) is 5.58. The number of nitrogens with one attached hydrogen (secondary N) is 2.